The summed E-state index contributed by atoms with van der Waals surface area (Å²) in [5.41, 5.74) is 6.87. The van der Waals surface area contributed by atoms with Crippen molar-refractivity contribution in [1.82, 2.24) is 14.5 Å². The van der Waals surface area contributed by atoms with Crippen LogP contribution >= 0.6 is 0 Å². The molecule has 0 aliphatic heterocycles. The number of benzene rings is 1. The molecule has 0 spiro atoms. The molecule has 0 saturated heterocycles. The van der Waals surface area contributed by atoms with Crippen molar-refractivity contribution in [2.45, 2.75) is 73.3 Å². The lowest BCUT2D eigenvalue weighted by atomic mass is 9.95. The van der Waals surface area contributed by atoms with E-state index in [1.165, 1.54) is 0 Å². The maximum Gasteiger partial charge on any atom is 0.297 e. The van der Waals surface area contributed by atoms with E-state index in [2.05, 4.69) is 30.1 Å². The van der Waals surface area contributed by atoms with E-state index in [4.69, 9.17) is 9.72 Å². The van der Waals surface area contributed by atoms with Crippen LogP contribution in [0.15, 0.2) is 70.7 Å². The van der Waals surface area contributed by atoms with Crippen LogP contribution in [0.25, 0.3) is 5.57 Å². The quantitative estimate of drug-likeness (QED) is 0.298. The lowest BCUT2D eigenvalue weighted by Gasteiger charge is -2.18. The second-order valence-corrected chi connectivity index (χ2v) is 9.97. The fourth-order valence-electron chi connectivity index (χ4n) is 4.77. The maximum atomic E-state index is 13.9. The molecular weight excluding hydrogens is 484 g/mol. The average Bonchev–Trinajstić information content (AvgIpc) is 3.12. The molecule has 6 heteroatoms. The molecule has 39 heavy (non-hydrogen) atoms. The van der Waals surface area contributed by atoms with Crippen LogP contribution < -0.4 is 10.3 Å². The number of unbranched alkanes of at least 4 members (excludes halogenated alkanes) is 1. The molecule has 200 valence electrons. The lowest BCUT2D eigenvalue weighted by Crippen LogP contribution is -2.28. The summed E-state index contributed by atoms with van der Waals surface area (Å²) in [6, 6.07) is 12.4. The summed E-state index contributed by atoms with van der Waals surface area (Å²) in [5, 5.41) is 9.76. The summed E-state index contributed by atoms with van der Waals surface area (Å²) >= 11 is 0. The second kappa shape index (κ2) is 12.5. The molecule has 1 aromatic carbocycles. The number of nitriles is 1. The Bertz CT molecular complexity index is 1550. The fraction of sp³-hybridized carbons (Fsp3) is 0.333. The minimum absolute atomic E-state index is 0.181. The summed E-state index contributed by atoms with van der Waals surface area (Å²) < 4.78 is 7.94. The van der Waals surface area contributed by atoms with Crippen LogP contribution in [0.2, 0.25) is 0 Å². The Labute approximate surface area is 231 Å². The number of rotatable bonds is 9. The summed E-state index contributed by atoms with van der Waals surface area (Å²) in [6.07, 6.45) is 11.9. The highest BCUT2D eigenvalue weighted by atomic mass is 16.5. The molecule has 0 bridgehead atoms. The van der Waals surface area contributed by atoms with Crippen LogP contribution in [-0.4, -0.2) is 14.5 Å². The third-order valence-electron chi connectivity index (χ3n) is 6.98. The first kappa shape index (κ1) is 27.8. The molecular formula is C33H36N4O2. The molecule has 6 nitrogen and oxygen atoms in total. The molecule has 2 heterocycles. The highest BCUT2D eigenvalue weighted by Gasteiger charge is 2.19. The second-order valence-electron chi connectivity index (χ2n) is 9.97. The molecule has 4 rings (SSSR count). The first-order chi connectivity index (χ1) is 18.9. The van der Waals surface area contributed by atoms with Crippen molar-refractivity contribution in [2.24, 2.45) is 0 Å². The van der Waals surface area contributed by atoms with Crippen LogP contribution in [0.3, 0.4) is 0 Å². The van der Waals surface area contributed by atoms with E-state index in [9.17, 15) is 10.1 Å². The van der Waals surface area contributed by atoms with Gasteiger partial charge in [0.1, 0.15) is 17.6 Å². The minimum atomic E-state index is -0.181. The number of aryl methyl sites for hydroxylation is 4. The first-order valence-corrected chi connectivity index (χ1v) is 13.7. The van der Waals surface area contributed by atoms with Crippen molar-refractivity contribution in [1.29, 1.82) is 5.26 Å². The van der Waals surface area contributed by atoms with E-state index < -0.39 is 0 Å². The van der Waals surface area contributed by atoms with Crippen LogP contribution in [0.4, 0.5) is 0 Å². The topological polar surface area (TPSA) is 80.8 Å². The van der Waals surface area contributed by atoms with Gasteiger partial charge in [0.15, 0.2) is 0 Å². The van der Waals surface area contributed by atoms with Crippen molar-refractivity contribution in [3.05, 3.63) is 110 Å². The Hall–Kier alpha value is -4.24. The molecule has 0 unspecified atom stereocenters. The van der Waals surface area contributed by atoms with Crippen LogP contribution in [-0.2, 0) is 19.4 Å². The van der Waals surface area contributed by atoms with Gasteiger partial charge in [-0.15, -0.1) is 0 Å². The van der Waals surface area contributed by atoms with E-state index >= 15 is 0 Å². The zero-order valence-electron chi connectivity index (χ0n) is 23.5. The number of allylic oxidation sites excluding steroid dienone is 6. The van der Waals surface area contributed by atoms with E-state index in [1.807, 2.05) is 64.1 Å². The van der Waals surface area contributed by atoms with Crippen molar-refractivity contribution >= 4 is 5.57 Å². The average molecular weight is 521 g/mol. The van der Waals surface area contributed by atoms with Crippen molar-refractivity contribution in [2.75, 3.05) is 0 Å². The van der Waals surface area contributed by atoms with Gasteiger partial charge in [-0.1, -0.05) is 62.8 Å². The Kier molecular flexibility index (Phi) is 8.93. The van der Waals surface area contributed by atoms with Gasteiger partial charge in [0, 0.05) is 12.1 Å². The zero-order valence-corrected chi connectivity index (χ0v) is 23.5. The number of hydrogen-bond acceptors (Lipinski definition) is 5. The van der Waals surface area contributed by atoms with E-state index in [1.54, 1.807) is 10.8 Å². The van der Waals surface area contributed by atoms with Gasteiger partial charge in [-0.3, -0.25) is 14.3 Å². The normalized spacial score (nSPS) is 13.2. The van der Waals surface area contributed by atoms with E-state index in [0.29, 0.717) is 30.0 Å². The molecule has 1 aliphatic carbocycles. The highest BCUT2D eigenvalue weighted by molar-refractivity contribution is 5.85. The Morgan fingerprint density at radius 1 is 1.13 bits per heavy atom. The highest BCUT2D eigenvalue weighted by Crippen LogP contribution is 2.29. The maximum absolute atomic E-state index is 13.9. The van der Waals surface area contributed by atoms with E-state index in [0.717, 1.165) is 65.0 Å². The number of aromatic nitrogens is 3. The molecule has 1 aliphatic rings. The van der Waals surface area contributed by atoms with Crippen molar-refractivity contribution in [3.63, 3.8) is 0 Å². The van der Waals surface area contributed by atoms with Gasteiger partial charge in [-0.2, -0.15) is 5.26 Å². The van der Waals surface area contributed by atoms with Gasteiger partial charge in [-0.05, 0) is 73.9 Å². The largest absolute Gasteiger partial charge is 0.448 e. The summed E-state index contributed by atoms with van der Waals surface area (Å²) in [7, 11) is 0. The van der Waals surface area contributed by atoms with Gasteiger partial charge in [0.05, 0.1) is 24.0 Å². The Balaban J connectivity index is 1.72. The third kappa shape index (κ3) is 6.26. The number of hydrogen-bond donors (Lipinski definition) is 0. The fourth-order valence-corrected chi connectivity index (χ4v) is 4.77. The smallest absolute Gasteiger partial charge is 0.297 e. The molecule has 0 N–H and O–H groups in total. The van der Waals surface area contributed by atoms with Gasteiger partial charge < -0.3 is 4.74 Å². The molecule has 0 atom stereocenters. The Morgan fingerprint density at radius 3 is 2.56 bits per heavy atom. The molecule has 0 amide bonds. The van der Waals surface area contributed by atoms with Gasteiger partial charge in [0.25, 0.3) is 5.56 Å². The van der Waals surface area contributed by atoms with Crippen molar-refractivity contribution in [3.8, 4) is 17.6 Å². The van der Waals surface area contributed by atoms with Gasteiger partial charge >= 0.3 is 0 Å². The first-order valence-electron chi connectivity index (χ1n) is 13.7. The Morgan fingerprint density at radius 2 is 1.90 bits per heavy atom. The number of nitrogens with zero attached hydrogens (tertiary/aromatic N) is 4. The van der Waals surface area contributed by atoms with Crippen LogP contribution in [0.1, 0.15) is 73.9 Å². The van der Waals surface area contributed by atoms with Crippen LogP contribution in [0.5, 0.6) is 11.5 Å². The number of ether oxygens (including phenoxy) is 1. The predicted molar refractivity (Wildman–Crippen MR) is 156 cm³/mol. The molecule has 0 saturated carbocycles. The van der Waals surface area contributed by atoms with E-state index in [-0.39, 0.29) is 11.3 Å². The number of pyridine rings is 1. The summed E-state index contributed by atoms with van der Waals surface area (Å²) in [4.78, 5) is 23.2. The lowest BCUT2D eigenvalue weighted by molar-refractivity contribution is 0.445. The standard InChI is InChI=1S/C33H36N4O2/c1-6-8-13-31-36-29(7-2)32(39-30-20-35-24(5)18-23(30)4)33(38)37(31)21-25-14-16-26(17-15-25)27-12-10-9-11-22(3)28(27)19-34/h9,11-12,14-18,20H,6-8,10,13,21H2,1-5H3. The van der Waals surface area contributed by atoms with Crippen molar-refractivity contribution < 1.29 is 4.74 Å². The molecule has 3 aromatic rings. The summed E-state index contributed by atoms with van der Waals surface area (Å²) in [5.74, 6) is 1.60. The monoisotopic (exact) mass is 520 g/mol. The third-order valence-corrected chi connectivity index (χ3v) is 6.98. The van der Waals surface area contributed by atoms with Gasteiger partial charge in [0.2, 0.25) is 5.75 Å². The molecule has 0 radical (unpaired) electrons. The van der Waals surface area contributed by atoms with Gasteiger partial charge in [-0.25, -0.2) is 4.98 Å². The molecule has 2 aromatic heterocycles. The zero-order chi connectivity index (χ0) is 27.9. The summed E-state index contributed by atoms with van der Waals surface area (Å²) in [6.45, 7) is 10.4. The van der Waals surface area contributed by atoms with Crippen LogP contribution in [0, 0.1) is 25.2 Å². The molecule has 0 fully saturated rings. The predicted octanol–water partition coefficient (Wildman–Crippen LogP) is 7.18. The SMILES string of the molecule is CCCCc1nc(CC)c(Oc2cnc(C)cc2C)c(=O)n1Cc1ccc(C2=CCC=CC(C)=C2C#N)cc1. The minimum Gasteiger partial charge on any atom is -0.448 e.